The lowest BCUT2D eigenvalue weighted by Gasteiger charge is -2.28. The Morgan fingerprint density at radius 1 is 1.39 bits per heavy atom. The van der Waals surface area contributed by atoms with Gasteiger partial charge < -0.3 is 0 Å². The van der Waals surface area contributed by atoms with Crippen molar-refractivity contribution in [2.75, 3.05) is 6.26 Å². The number of H-pyrrole nitrogens is 1. The van der Waals surface area contributed by atoms with E-state index in [4.69, 9.17) is 5.26 Å². The highest BCUT2D eigenvalue weighted by Gasteiger charge is 2.22. The van der Waals surface area contributed by atoms with Crippen molar-refractivity contribution in [3.8, 4) is 6.07 Å². The molecule has 0 aromatic carbocycles. The molecule has 0 radical (unpaired) electrons. The highest BCUT2D eigenvalue weighted by atomic mass is 32.2. The Labute approximate surface area is 109 Å². The number of thioether (sulfide) groups is 1. The van der Waals surface area contributed by atoms with Crippen LogP contribution in [0.1, 0.15) is 37.3 Å². The van der Waals surface area contributed by atoms with Gasteiger partial charge in [0.2, 0.25) is 0 Å². The quantitative estimate of drug-likeness (QED) is 0.873. The second-order valence-electron chi connectivity index (χ2n) is 4.49. The van der Waals surface area contributed by atoms with Crippen LogP contribution in [0.3, 0.4) is 0 Å². The summed E-state index contributed by atoms with van der Waals surface area (Å²) in [5, 5.41) is 9.49. The summed E-state index contributed by atoms with van der Waals surface area (Å²) in [6.45, 7) is 0. The van der Waals surface area contributed by atoms with Gasteiger partial charge in [-0.2, -0.15) is 17.0 Å². The topological polar surface area (TPSA) is 78.7 Å². The Balaban J connectivity index is 2.27. The summed E-state index contributed by atoms with van der Waals surface area (Å²) < 4.78 is 1.51. The van der Waals surface area contributed by atoms with Crippen LogP contribution in [0.5, 0.6) is 0 Å². The fourth-order valence-electron chi connectivity index (χ4n) is 2.40. The number of rotatable bonds is 2. The van der Waals surface area contributed by atoms with E-state index in [9.17, 15) is 9.59 Å². The Morgan fingerprint density at radius 3 is 2.61 bits per heavy atom. The molecule has 1 heterocycles. The number of aromatic nitrogens is 2. The number of hydrogen-bond acceptors (Lipinski definition) is 4. The summed E-state index contributed by atoms with van der Waals surface area (Å²) in [5.41, 5.74) is -1.01. The van der Waals surface area contributed by atoms with Crippen LogP contribution < -0.4 is 11.2 Å². The Kier molecular flexibility index (Phi) is 3.92. The van der Waals surface area contributed by atoms with Crippen molar-refractivity contribution in [3.63, 3.8) is 0 Å². The SMILES string of the molecule is CSC1CCC(n2cc(C#N)c(=O)[nH]c2=O)CC1. The molecule has 1 aromatic rings. The third-order valence-corrected chi connectivity index (χ3v) is 4.60. The van der Waals surface area contributed by atoms with Crippen LogP contribution in [-0.2, 0) is 0 Å². The molecule has 0 amide bonds. The van der Waals surface area contributed by atoms with Crippen molar-refractivity contribution in [1.82, 2.24) is 9.55 Å². The first-order valence-corrected chi connectivity index (χ1v) is 7.23. The number of hydrogen-bond donors (Lipinski definition) is 1. The second kappa shape index (κ2) is 5.44. The van der Waals surface area contributed by atoms with Gasteiger partial charge in [0, 0.05) is 17.5 Å². The van der Waals surface area contributed by atoms with Gasteiger partial charge in [-0.1, -0.05) is 0 Å². The minimum Gasteiger partial charge on any atom is -0.296 e. The highest BCUT2D eigenvalue weighted by Crippen LogP contribution is 2.32. The molecular formula is C12H15N3O2S. The lowest BCUT2D eigenvalue weighted by atomic mass is 9.95. The highest BCUT2D eigenvalue weighted by molar-refractivity contribution is 7.99. The summed E-state index contributed by atoms with van der Waals surface area (Å²) in [6.07, 6.45) is 7.47. The Hall–Kier alpha value is -1.48. The summed E-state index contributed by atoms with van der Waals surface area (Å²) in [4.78, 5) is 25.3. The summed E-state index contributed by atoms with van der Waals surface area (Å²) in [5.74, 6) is 0. The van der Waals surface area contributed by atoms with Crippen molar-refractivity contribution in [1.29, 1.82) is 5.26 Å². The molecule has 1 N–H and O–H groups in total. The Bertz CT molecular complexity index is 576. The molecule has 1 saturated carbocycles. The molecule has 1 fully saturated rings. The van der Waals surface area contributed by atoms with E-state index in [1.165, 1.54) is 10.8 Å². The van der Waals surface area contributed by atoms with Gasteiger partial charge in [-0.05, 0) is 31.9 Å². The van der Waals surface area contributed by atoms with Crippen LogP contribution in [-0.4, -0.2) is 21.1 Å². The van der Waals surface area contributed by atoms with E-state index in [2.05, 4.69) is 11.2 Å². The normalized spacial score (nSPS) is 23.6. The molecule has 0 atom stereocenters. The van der Waals surface area contributed by atoms with Gasteiger partial charge in [-0.25, -0.2) is 4.79 Å². The molecule has 0 saturated heterocycles. The monoisotopic (exact) mass is 265 g/mol. The molecule has 2 rings (SSSR count). The van der Waals surface area contributed by atoms with Crippen LogP contribution >= 0.6 is 11.8 Å². The van der Waals surface area contributed by atoms with E-state index in [-0.39, 0.29) is 11.6 Å². The third kappa shape index (κ3) is 2.51. The summed E-state index contributed by atoms with van der Waals surface area (Å²) in [7, 11) is 0. The van der Waals surface area contributed by atoms with Crippen molar-refractivity contribution < 1.29 is 0 Å². The minimum absolute atomic E-state index is 0.00147. The summed E-state index contributed by atoms with van der Waals surface area (Å²) in [6, 6.07) is 1.92. The first-order valence-electron chi connectivity index (χ1n) is 5.94. The predicted molar refractivity (Wildman–Crippen MR) is 70.8 cm³/mol. The molecule has 0 spiro atoms. The molecule has 18 heavy (non-hydrogen) atoms. The maximum atomic E-state index is 11.8. The standard InChI is InChI=1S/C12H15N3O2S/c1-18-10-4-2-9(3-5-10)15-7-8(6-13)11(16)14-12(15)17/h7,9-10H,2-5H2,1H3,(H,14,16,17). The van der Waals surface area contributed by atoms with Crippen LogP contribution in [0, 0.1) is 11.3 Å². The van der Waals surface area contributed by atoms with Crippen LogP contribution in [0.15, 0.2) is 15.8 Å². The van der Waals surface area contributed by atoms with Crippen molar-refractivity contribution in [2.45, 2.75) is 37.0 Å². The largest absolute Gasteiger partial charge is 0.328 e. The second-order valence-corrected chi connectivity index (χ2v) is 5.63. The number of nitriles is 1. The maximum Gasteiger partial charge on any atom is 0.328 e. The van der Waals surface area contributed by atoms with Crippen molar-refractivity contribution >= 4 is 11.8 Å². The number of aromatic amines is 1. The average Bonchev–Trinajstić information content (AvgIpc) is 2.39. The fourth-order valence-corrected chi connectivity index (χ4v) is 3.14. The molecular weight excluding hydrogens is 250 g/mol. The van der Waals surface area contributed by atoms with Crippen LogP contribution in [0.25, 0.3) is 0 Å². The van der Waals surface area contributed by atoms with E-state index in [1.54, 1.807) is 0 Å². The molecule has 5 nitrogen and oxygen atoms in total. The first-order chi connectivity index (χ1) is 8.65. The van der Waals surface area contributed by atoms with Gasteiger partial charge in [0.15, 0.2) is 0 Å². The molecule has 1 aromatic heterocycles. The van der Waals surface area contributed by atoms with Gasteiger partial charge >= 0.3 is 5.69 Å². The van der Waals surface area contributed by atoms with E-state index >= 15 is 0 Å². The first kappa shape index (κ1) is 13.0. The van der Waals surface area contributed by atoms with Gasteiger partial charge in [0.25, 0.3) is 5.56 Å². The van der Waals surface area contributed by atoms with Gasteiger partial charge in [-0.15, -0.1) is 0 Å². The third-order valence-electron chi connectivity index (χ3n) is 3.46. The fraction of sp³-hybridized carbons (Fsp3) is 0.583. The van der Waals surface area contributed by atoms with E-state index in [0.717, 1.165) is 25.7 Å². The summed E-state index contributed by atoms with van der Waals surface area (Å²) >= 11 is 1.86. The molecule has 6 heteroatoms. The molecule has 1 aliphatic rings. The lowest BCUT2D eigenvalue weighted by molar-refractivity contribution is 0.348. The van der Waals surface area contributed by atoms with Crippen molar-refractivity contribution in [3.05, 3.63) is 32.6 Å². The zero-order valence-corrected chi connectivity index (χ0v) is 11.0. The maximum absolute atomic E-state index is 11.8. The molecule has 1 aliphatic carbocycles. The van der Waals surface area contributed by atoms with E-state index in [1.807, 2.05) is 17.8 Å². The lowest BCUT2D eigenvalue weighted by Crippen LogP contribution is -2.35. The number of nitrogens with one attached hydrogen (secondary N) is 1. The average molecular weight is 265 g/mol. The van der Waals surface area contributed by atoms with Gasteiger partial charge in [0.05, 0.1) is 0 Å². The van der Waals surface area contributed by atoms with Gasteiger partial charge in [-0.3, -0.25) is 14.3 Å². The molecule has 96 valence electrons. The predicted octanol–water partition coefficient (Wildman–Crippen LogP) is 1.25. The van der Waals surface area contributed by atoms with Crippen LogP contribution in [0.2, 0.25) is 0 Å². The Morgan fingerprint density at radius 2 is 2.06 bits per heavy atom. The van der Waals surface area contributed by atoms with Crippen LogP contribution in [0.4, 0.5) is 0 Å². The van der Waals surface area contributed by atoms with E-state index in [0.29, 0.717) is 5.25 Å². The van der Waals surface area contributed by atoms with Crippen molar-refractivity contribution in [2.24, 2.45) is 0 Å². The minimum atomic E-state index is -0.600. The van der Waals surface area contributed by atoms with E-state index < -0.39 is 11.2 Å². The van der Waals surface area contributed by atoms with Gasteiger partial charge in [0.1, 0.15) is 11.6 Å². The number of nitrogens with zero attached hydrogens (tertiary/aromatic N) is 2. The molecule has 0 unspecified atom stereocenters. The molecule has 0 aliphatic heterocycles. The molecule has 0 bridgehead atoms. The zero-order valence-electron chi connectivity index (χ0n) is 10.2. The zero-order chi connectivity index (χ0) is 13.1. The smallest absolute Gasteiger partial charge is 0.296 e.